The van der Waals surface area contributed by atoms with Crippen LogP contribution >= 0.6 is 0 Å². The van der Waals surface area contributed by atoms with Gasteiger partial charge in [0.05, 0.1) is 5.41 Å². The molecular formula is C10H14O. The Balaban J connectivity index is 2.96. The van der Waals surface area contributed by atoms with E-state index in [4.69, 9.17) is 0 Å². The second kappa shape index (κ2) is 2.33. The van der Waals surface area contributed by atoms with E-state index in [0.717, 1.165) is 12.0 Å². The Labute approximate surface area is 67.8 Å². The fraction of sp³-hybridized carbons (Fsp3) is 0.500. The molecule has 0 heterocycles. The lowest BCUT2D eigenvalue weighted by atomic mass is 9.80. The van der Waals surface area contributed by atoms with E-state index in [2.05, 4.69) is 6.58 Å². The molecule has 11 heavy (non-hydrogen) atoms. The number of rotatable bonds is 1. The molecule has 0 saturated heterocycles. The number of hydrogen-bond acceptors (Lipinski definition) is 1. The molecular weight excluding hydrogens is 136 g/mol. The Morgan fingerprint density at radius 1 is 1.73 bits per heavy atom. The van der Waals surface area contributed by atoms with Gasteiger partial charge in [0.2, 0.25) is 0 Å². The molecule has 0 fully saturated rings. The molecule has 0 spiro atoms. The zero-order valence-electron chi connectivity index (χ0n) is 7.40. The molecule has 0 radical (unpaired) electrons. The van der Waals surface area contributed by atoms with Crippen molar-refractivity contribution in [3.8, 4) is 0 Å². The molecule has 0 aromatic rings. The molecule has 1 nitrogen and oxygen atoms in total. The Bertz CT molecular complexity index is 248. The third-order valence-corrected chi connectivity index (χ3v) is 2.50. The molecule has 0 saturated carbocycles. The Hall–Kier alpha value is -0.850. The lowest BCUT2D eigenvalue weighted by Crippen LogP contribution is -2.22. The average Bonchev–Trinajstić information content (AvgIpc) is 2.08. The number of allylic oxidation sites excluding steroid dienone is 3. The van der Waals surface area contributed by atoms with Gasteiger partial charge in [-0.1, -0.05) is 17.7 Å². The van der Waals surface area contributed by atoms with Crippen LogP contribution in [0.25, 0.3) is 0 Å². The SMILES string of the molecule is C=C(C)C1(C)CC(C)=CC1=O. The van der Waals surface area contributed by atoms with Crippen molar-refractivity contribution in [2.45, 2.75) is 27.2 Å². The maximum atomic E-state index is 11.4. The van der Waals surface area contributed by atoms with Crippen molar-refractivity contribution in [1.82, 2.24) is 0 Å². The van der Waals surface area contributed by atoms with Crippen LogP contribution in [0.4, 0.5) is 0 Å². The highest BCUT2D eigenvalue weighted by Gasteiger charge is 2.36. The van der Waals surface area contributed by atoms with Crippen LogP contribution in [0.3, 0.4) is 0 Å². The summed E-state index contributed by atoms with van der Waals surface area (Å²) in [5, 5.41) is 0. The number of hydrogen-bond donors (Lipinski definition) is 0. The topological polar surface area (TPSA) is 17.1 Å². The molecule has 1 aliphatic rings. The van der Waals surface area contributed by atoms with Gasteiger partial charge in [0.15, 0.2) is 5.78 Å². The molecule has 0 amide bonds. The fourth-order valence-corrected chi connectivity index (χ4v) is 1.44. The van der Waals surface area contributed by atoms with E-state index >= 15 is 0 Å². The summed E-state index contributed by atoms with van der Waals surface area (Å²) < 4.78 is 0. The van der Waals surface area contributed by atoms with Crippen LogP contribution < -0.4 is 0 Å². The first-order valence-electron chi connectivity index (χ1n) is 3.84. The summed E-state index contributed by atoms with van der Waals surface area (Å²) in [5.41, 5.74) is 1.83. The van der Waals surface area contributed by atoms with Gasteiger partial charge in [0.1, 0.15) is 0 Å². The number of ketones is 1. The molecule has 60 valence electrons. The summed E-state index contributed by atoms with van der Waals surface area (Å²) in [5.74, 6) is 0.211. The molecule has 1 atom stereocenters. The van der Waals surface area contributed by atoms with Crippen LogP contribution in [-0.4, -0.2) is 5.78 Å². The van der Waals surface area contributed by atoms with Crippen LogP contribution in [0.15, 0.2) is 23.8 Å². The molecule has 1 aliphatic carbocycles. The molecule has 0 bridgehead atoms. The highest BCUT2D eigenvalue weighted by atomic mass is 16.1. The molecule has 0 aromatic heterocycles. The minimum Gasteiger partial charge on any atom is -0.294 e. The minimum atomic E-state index is -0.302. The fourth-order valence-electron chi connectivity index (χ4n) is 1.44. The van der Waals surface area contributed by atoms with Gasteiger partial charge in [-0.05, 0) is 33.3 Å². The zero-order chi connectivity index (χ0) is 8.65. The normalized spacial score (nSPS) is 30.5. The third-order valence-electron chi connectivity index (χ3n) is 2.50. The Morgan fingerprint density at radius 3 is 2.45 bits per heavy atom. The van der Waals surface area contributed by atoms with Crippen LogP contribution in [0.1, 0.15) is 27.2 Å². The lowest BCUT2D eigenvalue weighted by molar-refractivity contribution is -0.120. The predicted molar refractivity (Wildman–Crippen MR) is 46.3 cm³/mol. The predicted octanol–water partition coefficient (Wildman–Crippen LogP) is 2.49. The van der Waals surface area contributed by atoms with E-state index in [9.17, 15) is 4.79 Å². The smallest absolute Gasteiger partial charge is 0.165 e. The summed E-state index contributed by atoms with van der Waals surface area (Å²) in [4.78, 5) is 11.4. The maximum absolute atomic E-state index is 11.4. The zero-order valence-corrected chi connectivity index (χ0v) is 7.40. The highest BCUT2D eigenvalue weighted by molar-refractivity contribution is 6.00. The van der Waals surface area contributed by atoms with E-state index in [1.165, 1.54) is 5.57 Å². The molecule has 0 aliphatic heterocycles. The van der Waals surface area contributed by atoms with Crippen LogP contribution in [0, 0.1) is 5.41 Å². The molecule has 1 heteroatoms. The van der Waals surface area contributed by atoms with Gasteiger partial charge in [0.25, 0.3) is 0 Å². The van der Waals surface area contributed by atoms with Gasteiger partial charge >= 0.3 is 0 Å². The van der Waals surface area contributed by atoms with Gasteiger partial charge in [-0.25, -0.2) is 0 Å². The van der Waals surface area contributed by atoms with Gasteiger partial charge in [-0.3, -0.25) is 4.79 Å². The van der Waals surface area contributed by atoms with Crippen LogP contribution in [0.5, 0.6) is 0 Å². The van der Waals surface area contributed by atoms with Crippen molar-refractivity contribution in [3.05, 3.63) is 23.8 Å². The Kier molecular flexibility index (Phi) is 1.75. The second-order valence-electron chi connectivity index (χ2n) is 3.64. The van der Waals surface area contributed by atoms with E-state index < -0.39 is 0 Å². The quantitative estimate of drug-likeness (QED) is 0.525. The van der Waals surface area contributed by atoms with Crippen molar-refractivity contribution in [2.24, 2.45) is 5.41 Å². The van der Waals surface area contributed by atoms with Gasteiger partial charge < -0.3 is 0 Å². The monoisotopic (exact) mass is 150 g/mol. The standard InChI is InChI=1S/C10H14O/c1-7(2)10(4)6-8(3)5-9(10)11/h5H,1,6H2,2-4H3. The lowest BCUT2D eigenvalue weighted by Gasteiger charge is -2.22. The highest BCUT2D eigenvalue weighted by Crippen LogP contribution is 2.39. The van der Waals surface area contributed by atoms with Crippen molar-refractivity contribution >= 4 is 5.78 Å². The molecule has 0 aromatic carbocycles. The molecule has 0 N–H and O–H groups in total. The van der Waals surface area contributed by atoms with Crippen molar-refractivity contribution in [1.29, 1.82) is 0 Å². The van der Waals surface area contributed by atoms with Crippen molar-refractivity contribution < 1.29 is 4.79 Å². The summed E-state index contributed by atoms with van der Waals surface area (Å²) >= 11 is 0. The summed E-state index contributed by atoms with van der Waals surface area (Å²) in [6.45, 7) is 9.72. The first-order valence-corrected chi connectivity index (χ1v) is 3.84. The average molecular weight is 150 g/mol. The van der Waals surface area contributed by atoms with Crippen LogP contribution in [-0.2, 0) is 4.79 Å². The largest absolute Gasteiger partial charge is 0.294 e. The van der Waals surface area contributed by atoms with E-state index in [1.54, 1.807) is 6.08 Å². The van der Waals surface area contributed by atoms with E-state index in [-0.39, 0.29) is 11.2 Å². The molecule has 1 unspecified atom stereocenters. The number of carbonyl (C=O) groups excluding carboxylic acids is 1. The Morgan fingerprint density at radius 2 is 2.27 bits per heavy atom. The maximum Gasteiger partial charge on any atom is 0.165 e. The van der Waals surface area contributed by atoms with Gasteiger partial charge in [-0.15, -0.1) is 0 Å². The number of carbonyl (C=O) groups is 1. The van der Waals surface area contributed by atoms with Crippen LogP contribution in [0.2, 0.25) is 0 Å². The third kappa shape index (κ3) is 1.15. The minimum absolute atomic E-state index is 0.211. The van der Waals surface area contributed by atoms with Gasteiger partial charge in [-0.2, -0.15) is 0 Å². The van der Waals surface area contributed by atoms with Crippen molar-refractivity contribution in [2.75, 3.05) is 0 Å². The first kappa shape index (κ1) is 8.25. The molecule has 1 rings (SSSR count). The van der Waals surface area contributed by atoms with E-state index in [0.29, 0.717) is 0 Å². The van der Waals surface area contributed by atoms with Gasteiger partial charge in [0, 0.05) is 0 Å². The first-order chi connectivity index (χ1) is 4.97. The van der Waals surface area contributed by atoms with Crippen molar-refractivity contribution in [3.63, 3.8) is 0 Å². The summed E-state index contributed by atoms with van der Waals surface area (Å²) in [6.07, 6.45) is 2.58. The second-order valence-corrected chi connectivity index (χ2v) is 3.64. The summed E-state index contributed by atoms with van der Waals surface area (Å²) in [7, 11) is 0. The summed E-state index contributed by atoms with van der Waals surface area (Å²) in [6, 6.07) is 0. The van der Waals surface area contributed by atoms with E-state index in [1.807, 2.05) is 20.8 Å².